The highest BCUT2D eigenvalue weighted by molar-refractivity contribution is 9.10. The number of nitrogens with zero attached hydrogens (tertiary/aromatic N) is 2. The second kappa shape index (κ2) is 11.9. The van der Waals surface area contributed by atoms with Crippen molar-refractivity contribution in [3.8, 4) is 0 Å². The number of rotatable bonds is 8. The molecule has 0 aromatic heterocycles. The minimum Gasteiger partial charge on any atom is -0.384 e. The monoisotopic (exact) mass is 480 g/mol. The molecule has 0 saturated carbocycles. The van der Waals surface area contributed by atoms with E-state index in [2.05, 4.69) is 41.8 Å². The molecular formula is C20H26Br2N4. The van der Waals surface area contributed by atoms with Crippen LogP contribution in [0.1, 0.15) is 37.8 Å². The molecule has 0 spiro atoms. The van der Waals surface area contributed by atoms with Crippen LogP contribution in [0.4, 0.5) is 0 Å². The van der Waals surface area contributed by atoms with E-state index in [-0.39, 0.29) is 7.43 Å². The van der Waals surface area contributed by atoms with Gasteiger partial charge in [-0.2, -0.15) is 0 Å². The van der Waals surface area contributed by atoms with Crippen molar-refractivity contribution in [1.82, 2.24) is 0 Å². The van der Waals surface area contributed by atoms with Crippen LogP contribution >= 0.6 is 31.9 Å². The highest BCUT2D eigenvalue weighted by Gasteiger charge is 1.99. The molecule has 0 unspecified atom stereocenters. The van der Waals surface area contributed by atoms with Crippen LogP contribution in [0.25, 0.3) is 0 Å². The summed E-state index contributed by atoms with van der Waals surface area (Å²) in [5.41, 5.74) is 13.9. The van der Waals surface area contributed by atoms with E-state index in [1.54, 1.807) is 0 Å². The third kappa shape index (κ3) is 7.70. The molecule has 0 heterocycles. The van der Waals surface area contributed by atoms with E-state index in [4.69, 9.17) is 11.5 Å². The Labute approximate surface area is 173 Å². The summed E-state index contributed by atoms with van der Waals surface area (Å²) in [6.45, 7) is 1.46. The summed E-state index contributed by atoms with van der Waals surface area (Å²) in [5, 5.41) is 0. The van der Waals surface area contributed by atoms with Gasteiger partial charge in [0.2, 0.25) is 0 Å². The van der Waals surface area contributed by atoms with Gasteiger partial charge in [0.15, 0.2) is 0 Å². The zero-order valence-electron chi connectivity index (χ0n) is 14.0. The fourth-order valence-corrected chi connectivity index (χ4v) is 2.75. The number of halogens is 2. The largest absolute Gasteiger partial charge is 0.384 e. The highest BCUT2D eigenvalue weighted by atomic mass is 79.9. The number of aliphatic imine (C=N–C) groups is 2. The predicted molar refractivity (Wildman–Crippen MR) is 120 cm³/mol. The van der Waals surface area contributed by atoms with Gasteiger partial charge in [-0.3, -0.25) is 9.98 Å². The molecule has 2 rings (SSSR count). The Kier molecular flexibility index (Phi) is 10.2. The van der Waals surface area contributed by atoms with Crippen molar-refractivity contribution >= 4 is 43.5 Å². The van der Waals surface area contributed by atoms with Crippen LogP contribution in [0.15, 0.2) is 67.5 Å². The van der Waals surface area contributed by atoms with E-state index in [0.29, 0.717) is 11.7 Å². The maximum absolute atomic E-state index is 5.99. The Hall–Kier alpha value is -1.66. The highest BCUT2D eigenvalue weighted by Crippen LogP contribution is 2.11. The zero-order chi connectivity index (χ0) is 18.1. The number of hydrogen-bond acceptors (Lipinski definition) is 2. The molecule has 0 fully saturated rings. The average Bonchev–Trinajstić information content (AvgIpc) is 2.61. The summed E-state index contributed by atoms with van der Waals surface area (Å²) in [6.07, 6.45) is 3.03. The summed E-state index contributed by atoms with van der Waals surface area (Å²) in [7, 11) is 0. The SMILES string of the molecule is C.NC(=NCCCCCN=C(N)c1ccc(Br)cc1)c1ccc(Br)cc1. The summed E-state index contributed by atoms with van der Waals surface area (Å²) in [5.74, 6) is 1.18. The van der Waals surface area contributed by atoms with Gasteiger partial charge in [-0.05, 0) is 43.5 Å². The van der Waals surface area contributed by atoms with E-state index < -0.39 is 0 Å². The van der Waals surface area contributed by atoms with Gasteiger partial charge < -0.3 is 11.5 Å². The summed E-state index contributed by atoms with van der Waals surface area (Å²) in [4.78, 5) is 8.85. The van der Waals surface area contributed by atoms with Crippen LogP contribution in [0.3, 0.4) is 0 Å². The Morgan fingerprint density at radius 3 is 1.35 bits per heavy atom. The lowest BCUT2D eigenvalue weighted by atomic mass is 10.2. The normalized spacial score (nSPS) is 11.9. The van der Waals surface area contributed by atoms with E-state index in [1.165, 1.54) is 0 Å². The molecule has 6 heteroatoms. The Balaban J connectivity index is 0.00000338. The average molecular weight is 482 g/mol. The van der Waals surface area contributed by atoms with E-state index in [0.717, 1.165) is 52.4 Å². The lowest BCUT2D eigenvalue weighted by molar-refractivity contribution is 0.696. The molecule has 0 aliphatic heterocycles. The summed E-state index contributed by atoms with van der Waals surface area (Å²) in [6, 6.07) is 15.7. The van der Waals surface area contributed by atoms with Crippen molar-refractivity contribution in [2.24, 2.45) is 21.5 Å². The topological polar surface area (TPSA) is 76.8 Å². The predicted octanol–water partition coefficient (Wildman–Crippen LogP) is 5.13. The standard InChI is InChI=1S/C19H22Br2N4.CH4/c20-16-8-4-14(5-9-16)18(22)24-12-2-1-3-13-25-19(23)15-6-10-17(21)11-7-15;/h4-11H,1-3,12-13H2,(H2,22,24)(H2,23,25);1H4. The third-order valence-corrected chi connectivity index (χ3v) is 4.72. The van der Waals surface area contributed by atoms with Crippen LogP contribution < -0.4 is 11.5 Å². The van der Waals surface area contributed by atoms with Gasteiger partial charge >= 0.3 is 0 Å². The molecule has 0 aliphatic rings. The first-order valence-corrected chi connectivity index (χ1v) is 9.76. The number of amidine groups is 2. The Morgan fingerprint density at radius 2 is 1.00 bits per heavy atom. The van der Waals surface area contributed by atoms with Crippen molar-refractivity contribution in [3.63, 3.8) is 0 Å². The molecule has 0 bridgehead atoms. The van der Waals surface area contributed by atoms with Gasteiger partial charge in [0.1, 0.15) is 11.7 Å². The van der Waals surface area contributed by atoms with E-state index >= 15 is 0 Å². The van der Waals surface area contributed by atoms with Crippen LogP contribution in [-0.2, 0) is 0 Å². The van der Waals surface area contributed by atoms with Crippen molar-refractivity contribution in [1.29, 1.82) is 0 Å². The summed E-state index contributed by atoms with van der Waals surface area (Å²) >= 11 is 6.82. The molecule has 26 heavy (non-hydrogen) atoms. The Bertz CT molecular complexity index is 659. The molecule has 0 radical (unpaired) electrons. The van der Waals surface area contributed by atoms with E-state index in [9.17, 15) is 0 Å². The van der Waals surface area contributed by atoms with Gasteiger partial charge in [-0.25, -0.2) is 0 Å². The Morgan fingerprint density at radius 1 is 0.654 bits per heavy atom. The molecule has 4 N–H and O–H groups in total. The molecule has 0 aliphatic carbocycles. The minimum atomic E-state index is 0. The fourth-order valence-electron chi connectivity index (χ4n) is 2.22. The lowest BCUT2D eigenvalue weighted by Crippen LogP contribution is -2.14. The molecular weight excluding hydrogens is 456 g/mol. The quantitative estimate of drug-likeness (QED) is 0.311. The van der Waals surface area contributed by atoms with E-state index in [1.807, 2.05) is 48.5 Å². The van der Waals surface area contributed by atoms with Crippen molar-refractivity contribution in [3.05, 3.63) is 68.6 Å². The maximum Gasteiger partial charge on any atom is 0.125 e. The van der Waals surface area contributed by atoms with Crippen LogP contribution in [0.2, 0.25) is 0 Å². The first kappa shape index (κ1) is 22.4. The molecule has 140 valence electrons. The molecule has 0 saturated heterocycles. The first-order chi connectivity index (χ1) is 12.1. The van der Waals surface area contributed by atoms with Crippen molar-refractivity contribution in [2.45, 2.75) is 26.7 Å². The second-order valence-corrected chi connectivity index (χ2v) is 7.44. The number of nitrogens with two attached hydrogens (primary N) is 2. The van der Waals surface area contributed by atoms with Crippen molar-refractivity contribution in [2.75, 3.05) is 13.1 Å². The first-order valence-electron chi connectivity index (χ1n) is 8.18. The number of benzene rings is 2. The summed E-state index contributed by atoms with van der Waals surface area (Å²) < 4.78 is 2.07. The number of hydrogen-bond donors (Lipinski definition) is 2. The third-order valence-electron chi connectivity index (χ3n) is 3.66. The van der Waals surface area contributed by atoms with Crippen LogP contribution in [0, 0.1) is 0 Å². The van der Waals surface area contributed by atoms with Gasteiger partial charge in [0.05, 0.1) is 0 Å². The van der Waals surface area contributed by atoms with Crippen LogP contribution in [-0.4, -0.2) is 24.8 Å². The smallest absolute Gasteiger partial charge is 0.125 e. The van der Waals surface area contributed by atoms with Crippen molar-refractivity contribution < 1.29 is 0 Å². The molecule has 2 aromatic carbocycles. The molecule has 0 atom stereocenters. The molecule has 0 amide bonds. The fraction of sp³-hybridized carbons (Fsp3) is 0.300. The lowest BCUT2D eigenvalue weighted by Gasteiger charge is -2.03. The molecule has 2 aromatic rings. The molecule has 4 nitrogen and oxygen atoms in total. The second-order valence-electron chi connectivity index (χ2n) is 5.61. The zero-order valence-corrected chi connectivity index (χ0v) is 17.1. The van der Waals surface area contributed by atoms with Gasteiger partial charge in [0, 0.05) is 33.2 Å². The van der Waals surface area contributed by atoms with Gasteiger partial charge in [-0.15, -0.1) is 0 Å². The maximum atomic E-state index is 5.99. The van der Waals surface area contributed by atoms with Crippen LogP contribution in [0.5, 0.6) is 0 Å². The van der Waals surface area contributed by atoms with Gasteiger partial charge in [-0.1, -0.05) is 63.6 Å². The minimum absolute atomic E-state index is 0. The van der Waals surface area contributed by atoms with Gasteiger partial charge in [0.25, 0.3) is 0 Å². The number of unbranched alkanes of at least 4 members (excludes halogenated alkanes) is 2.